The molecule has 28 heavy (non-hydrogen) atoms. The third-order valence-electron chi connectivity index (χ3n) is 4.55. The zero-order valence-electron chi connectivity index (χ0n) is 15.1. The minimum Gasteiger partial charge on any atom is -0.338 e. The van der Waals surface area contributed by atoms with Gasteiger partial charge in [-0.2, -0.15) is 0 Å². The van der Waals surface area contributed by atoms with Crippen LogP contribution in [0.4, 0.5) is 14.9 Å². The summed E-state index contributed by atoms with van der Waals surface area (Å²) in [5, 5.41) is 6.21. The van der Waals surface area contributed by atoms with Gasteiger partial charge in [0.05, 0.1) is 0 Å². The van der Waals surface area contributed by atoms with Gasteiger partial charge in [-0.3, -0.25) is 4.79 Å². The molecular formula is C20H20Cl2FN3O2. The maximum absolute atomic E-state index is 13.2. The van der Waals surface area contributed by atoms with Crippen molar-refractivity contribution in [1.29, 1.82) is 0 Å². The monoisotopic (exact) mass is 423 g/mol. The lowest BCUT2D eigenvalue weighted by Crippen LogP contribution is -2.44. The molecule has 8 heteroatoms. The van der Waals surface area contributed by atoms with Crippen LogP contribution in [-0.2, 0) is 0 Å². The second kappa shape index (κ2) is 9.26. The molecule has 1 atom stereocenters. The fourth-order valence-electron chi connectivity index (χ4n) is 3.25. The van der Waals surface area contributed by atoms with E-state index in [4.69, 9.17) is 23.2 Å². The molecule has 1 unspecified atom stereocenters. The Bertz CT molecular complexity index is 858. The standard InChI is InChI=1S/C20H20Cl2FN3O2/c21-15-7-14(8-16(22)9-15)19(27)26-6-2-3-13(12-26)11-24-20(28)25-18-5-1-4-17(23)10-18/h1,4-5,7-10,13H,2-3,6,11-12H2,(H2,24,25,28). The molecule has 0 aliphatic carbocycles. The van der Waals surface area contributed by atoms with Crippen LogP contribution in [-0.4, -0.2) is 36.5 Å². The van der Waals surface area contributed by atoms with Gasteiger partial charge < -0.3 is 15.5 Å². The number of amides is 3. The van der Waals surface area contributed by atoms with Crippen LogP contribution in [0.1, 0.15) is 23.2 Å². The molecule has 0 spiro atoms. The molecular weight excluding hydrogens is 404 g/mol. The van der Waals surface area contributed by atoms with E-state index in [0.717, 1.165) is 12.8 Å². The van der Waals surface area contributed by atoms with E-state index in [1.807, 2.05) is 0 Å². The number of nitrogens with zero attached hydrogens (tertiary/aromatic N) is 1. The highest BCUT2D eigenvalue weighted by Crippen LogP contribution is 2.23. The molecule has 2 aromatic rings. The van der Waals surface area contributed by atoms with Gasteiger partial charge in [0.2, 0.25) is 0 Å². The topological polar surface area (TPSA) is 61.4 Å². The summed E-state index contributed by atoms with van der Waals surface area (Å²) in [5.41, 5.74) is 0.839. The van der Waals surface area contributed by atoms with Gasteiger partial charge in [-0.05, 0) is 55.2 Å². The number of carbonyl (C=O) groups excluding carboxylic acids is 2. The molecule has 1 aliphatic heterocycles. The highest BCUT2D eigenvalue weighted by Gasteiger charge is 2.25. The normalized spacial score (nSPS) is 16.5. The summed E-state index contributed by atoms with van der Waals surface area (Å²) in [6, 6.07) is 10.1. The first-order chi connectivity index (χ1) is 13.4. The number of halogens is 3. The molecule has 148 valence electrons. The van der Waals surface area contributed by atoms with Crippen molar-refractivity contribution in [1.82, 2.24) is 10.2 Å². The molecule has 0 saturated carbocycles. The van der Waals surface area contributed by atoms with E-state index in [1.54, 1.807) is 29.2 Å². The maximum Gasteiger partial charge on any atom is 0.319 e. The molecule has 0 aromatic heterocycles. The Balaban J connectivity index is 1.53. The van der Waals surface area contributed by atoms with Crippen LogP contribution in [0.2, 0.25) is 10.0 Å². The van der Waals surface area contributed by atoms with Gasteiger partial charge in [0.15, 0.2) is 0 Å². The van der Waals surface area contributed by atoms with E-state index in [2.05, 4.69) is 10.6 Å². The van der Waals surface area contributed by atoms with Gasteiger partial charge in [0.25, 0.3) is 5.91 Å². The van der Waals surface area contributed by atoms with Crippen LogP contribution < -0.4 is 10.6 Å². The molecule has 1 aliphatic rings. The van der Waals surface area contributed by atoms with E-state index in [9.17, 15) is 14.0 Å². The largest absolute Gasteiger partial charge is 0.338 e. The number of urea groups is 1. The fraction of sp³-hybridized carbons (Fsp3) is 0.300. The zero-order valence-corrected chi connectivity index (χ0v) is 16.6. The number of hydrogen-bond acceptors (Lipinski definition) is 2. The molecule has 2 N–H and O–H groups in total. The summed E-state index contributed by atoms with van der Waals surface area (Å²) in [6.07, 6.45) is 1.75. The average molecular weight is 424 g/mol. The van der Waals surface area contributed by atoms with Gasteiger partial charge >= 0.3 is 6.03 Å². The van der Waals surface area contributed by atoms with Crippen LogP contribution in [0.15, 0.2) is 42.5 Å². The molecule has 2 aromatic carbocycles. The van der Waals surface area contributed by atoms with Crippen molar-refractivity contribution < 1.29 is 14.0 Å². The number of likely N-dealkylation sites (tertiary alicyclic amines) is 1. The lowest BCUT2D eigenvalue weighted by atomic mass is 9.97. The molecule has 5 nitrogen and oxygen atoms in total. The van der Waals surface area contributed by atoms with Crippen molar-refractivity contribution in [3.63, 3.8) is 0 Å². The SMILES string of the molecule is O=C(NCC1CCCN(C(=O)c2cc(Cl)cc(Cl)c2)C1)Nc1cccc(F)c1. The van der Waals surface area contributed by atoms with Crippen LogP contribution in [0.25, 0.3) is 0 Å². The Morgan fingerprint density at radius 2 is 1.89 bits per heavy atom. The Morgan fingerprint density at radius 1 is 1.14 bits per heavy atom. The van der Waals surface area contributed by atoms with E-state index in [-0.39, 0.29) is 11.8 Å². The predicted octanol–water partition coefficient (Wildman–Crippen LogP) is 4.81. The molecule has 1 saturated heterocycles. The molecule has 3 amide bonds. The number of hydrogen-bond donors (Lipinski definition) is 2. The zero-order chi connectivity index (χ0) is 20.1. The first-order valence-corrected chi connectivity index (χ1v) is 9.72. The summed E-state index contributed by atoms with van der Waals surface area (Å²) in [6.45, 7) is 1.60. The number of piperidine rings is 1. The Morgan fingerprint density at radius 3 is 2.61 bits per heavy atom. The Hall–Kier alpha value is -2.31. The second-order valence-corrected chi connectivity index (χ2v) is 7.64. The van der Waals surface area contributed by atoms with Crippen LogP contribution >= 0.6 is 23.2 Å². The summed E-state index contributed by atoms with van der Waals surface area (Å²) in [4.78, 5) is 26.5. The van der Waals surface area contributed by atoms with Gasteiger partial charge in [0.1, 0.15) is 5.82 Å². The van der Waals surface area contributed by atoms with Crippen LogP contribution in [0.5, 0.6) is 0 Å². The third-order valence-corrected chi connectivity index (χ3v) is 4.99. The van der Waals surface area contributed by atoms with Crippen molar-refractivity contribution in [2.24, 2.45) is 5.92 Å². The van der Waals surface area contributed by atoms with Crippen LogP contribution in [0, 0.1) is 11.7 Å². The maximum atomic E-state index is 13.2. The summed E-state index contributed by atoms with van der Waals surface area (Å²) < 4.78 is 13.2. The lowest BCUT2D eigenvalue weighted by molar-refractivity contribution is 0.0675. The van der Waals surface area contributed by atoms with Gasteiger partial charge in [-0.15, -0.1) is 0 Å². The highest BCUT2D eigenvalue weighted by atomic mass is 35.5. The Kier molecular flexibility index (Phi) is 6.75. The number of nitrogens with one attached hydrogen (secondary N) is 2. The van der Waals surface area contributed by atoms with Crippen molar-refractivity contribution in [2.45, 2.75) is 12.8 Å². The van der Waals surface area contributed by atoms with E-state index < -0.39 is 11.8 Å². The van der Waals surface area contributed by atoms with Crippen molar-refractivity contribution >= 4 is 40.8 Å². The van der Waals surface area contributed by atoms with Gasteiger partial charge in [-0.25, -0.2) is 9.18 Å². The number of benzene rings is 2. The second-order valence-electron chi connectivity index (χ2n) is 6.76. The van der Waals surface area contributed by atoms with Gasteiger partial charge in [0, 0.05) is 40.9 Å². The van der Waals surface area contributed by atoms with Crippen molar-refractivity contribution in [3.05, 3.63) is 63.9 Å². The summed E-state index contributed by atoms with van der Waals surface area (Å²) >= 11 is 12.0. The molecule has 3 rings (SSSR count). The lowest BCUT2D eigenvalue weighted by Gasteiger charge is -2.33. The van der Waals surface area contributed by atoms with E-state index in [1.165, 1.54) is 18.2 Å². The van der Waals surface area contributed by atoms with Crippen molar-refractivity contribution in [2.75, 3.05) is 25.0 Å². The minimum atomic E-state index is -0.416. The van der Waals surface area contributed by atoms with Crippen molar-refractivity contribution in [3.8, 4) is 0 Å². The first kappa shape index (κ1) is 20.4. The third kappa shape index (κ3) is 5.59. The summed E-state index contributed by atoms with van der Waals surface area (Å²) in [7, 11) is 0. The number of anilines is 1. The molecule has 1 fully saturated rings. The van der Waals surface area contributed by atoms with E-state index in [0.29, 0.717) is 40.9 Å². The molecule has 1 heterocycles. The Labute approximate surface area is 172 Å². The van der Waals surface area contributed by atoms with E-state index >= 15 is 0 Å². The fourth-order valence-corrected chi connectivity index (χ4v) is 3.78. The molecule has 0 radical (unpaired) electrons. The highest BCUT2D eigenvalue weighted by molar-refractivity contribution is 6.35. The smallest absolute Gasteiger partial charge is 0.319 e. The number of carbonyl (C=O) groups is 2. The first-order valence-electron chi connectivity index (χ1n) is 8.96. The predicted molar refractivity (Wildman–Crippen MR) is 109 cm³/mol. The van der Waals surface area contributed by atoms with Gasteiger partial charge in [-0.1, -0.05) is 29.3 Å². The average Bonchev–Trinajstić information content (AvgIpc) is 2.65. The number of rotatable bonds is 4. The summed E-state index contributed by atoms with van der Waals surface area (Å²) in [5.74, 6) is -0.413. The quantitative estimate of drug-likeness (QED) is 0.741. The van der Waals surface area contributed by atoms with Crippen LogP contribution in [0.3, 0.4) is 0 Å². The molecule has 0 bridgehead atoms. The minimum absolute atomic E-state index is 0.127.